The summed E-state index contributed by atoms with van der Waals surface area (Å²) in [6.07, 6.45) is 6.19. The van der Waals surface area contributed by atoms with E-state index in [1.165, 1.54) is 5.56 Å². The molecule has 1 aromatic carbocycles. The van der Waals surface area contributed by atoms with Crippen molar-refractivity contribution < 1.29 is 4.79 Å². The minimum atomic E-state index is -0.00879. The van der Waals surface area contributed by atoms with Gasteiger partial charge in [-0.15, -0.1) is 0 Å². The lowest BCUT2D eigenvalue weighted by atomic mass is 9.77. The van der Waals surface area contributed by atoms with Crippen molar-refractivity contribution in [2.24, 2.45) is 0 Å². The molecule has 0 radical (unpaired) electrons. The van der Waals surface area contributed by atoms with E-state index >= 15 is 0 Å². The summed E-state index contributed by atoms with van der Waals surface area (Å²) in [6, 6.07) is 10.2. The fraction of sp³-hybridized carbons (Fsp3) is 0.450. The second kappa shape index (κ2) is 6.47. The molecule has 1 saturated heterocycles. The molecule has 1 fully saturated rings. The number of likely N-dealkylation sites (tertiary alicyclic amines) is 1. The molecule has 5 nitrogen and oxygen atoms in total. The lowest BCUT2D eigenvalue weighted by molar-refractivity contribution is 0.148. The molecule has 2 heterocycles. The summed E-state index contributed by atoms with van der Waals surface area (Å²) in [5, 5.41) is 2.94. The Morgan fingerprint density at radius 1 is 1.28 bits per heavy atom. The van der Waals surface area contributed by atoms with Crippen molar-refractivity contribution in [3.63, 3.8) is 0 Å². The third-order valence-electron chi connectivity index (χ3n) is 5.46. The zero-order chi connectivity index (χ0) is 17.3. The van der Waals surface area contributed by atoms with Crippen molar-refractivity contribution in [3.8, 4) is 11.4 Å². The number of benzene rings is 1. The molecule has 1 aromatic heterocycles. The Labute approximate surface area is 148 Å². The first-order chi connectivity index (χ1) is 12.2. The Hall–Kier alpha value is -2.43. The Kier molecular flexibility index (Phi) is 4.15. The average Bonchev–Trinajstić information content (AvgIpc) is 3.00. The lowest BCUT2D eigenvalue weighted by Gasteiger charge is -2.40. The summed E-state index contributed by atoms with van der Waals surface area (Å²) in [5.74, 6) is 0.788. The molecule has 1 atom stereocenters. The van der Waals surface area contributed by atoms with E-state index in [0.717, 1.165) is 55.9 Å². The van der Waals surface area contributed by atoms with Crippen LogP contribution in [0.1, 0.15) is 37.4 Å². The van der Waals surface area contributed by atoms with Gasteiger partial charge in [0, 0.05) is 36.8 Å². The third kappa shape index (κ3) is 2.88. The number of aryl methyl sites for hydroxylation is 1. The molecule has 4 rings (SSSR count). The first kappa shape index (κ1) is 16.1. The van der Waals surface area contributed by atoms with E-state index in [9.17, 15) is 4.79 Å². The molecule has 130 valence electrons. The second-order valence-electron chi connectivity index (χ2n) is 7.07. The molecule has 1 unspecified atom stereocenters. The average molecular weight is 336 g/mol. The molecule has 0 saturated carbocycles. The van der Waals surface area contributed by atoms with Crippen LogP contribution in [0, 0.1) is 0 Å². The van der Waals surface area contributed by atoms with Gasteiger partial charge in [-0.2, -0.15) is 0 Å². The number of piperidine rings is 1. The number of aromatic nitrogens is 2. The predicted molar refractivity (Wildman–Crippen MR) is 97.3 cm³/mol. The summed E-state index contributed by atoms with van der Waals surface area (Å²) in [4.78, 5) is 23.8. The van der Waals surface area contributed by atoms with Crippen LogP contribution in [0.15, 0.2) is 36.5 Å². The second-order valence-corrected chi connectivity index (χ2v) is 7.07. The number of urea groups is 1. The quantitative estimate of drug-likeness (QED) is 0.916. The van der Waals surface area contributed by atoms with Gasteiger partial charge < -0.3 is 10.2 Å². The summed E-state index contributed by atoms with van der Waals surface area (Å²) >= 11 is 0. The fourth-order valence-electron chi connectivity index (χ4n) is 4.23. The van der Waals surface area contributed by atoms with Crippen molar-refractivity contribution in [2.45, 2.75) is 38.0 Å². The number of fused-ring (bicyclic) bond motifs is 2. The number of rotatable bonds is 2. The van der Waals surface area contributed by atoms with Crippen LogP contribution in [0.3, 0.4) is 0 Å². The molecular formula is C20H24N4O. The Morgan fingerprint density at radius 2 is 2.12 bits per heavy atom. The highest BCUT2D eigenvalue weighted by Crippen LogP contribution is 2.44. The van der Waals surface area contributed by atoms with E-state index in [0.29, 0.717) is 6.54 Å². The number of carbonyl (C=O) groups is 1. The summed E-state index contributed by atoms with van der Waals surface area (Å²) in [7, 11) is 0. The number of nitrogens with zero attached hydrogens (tertiary/aromatic N) is 3. The molecule has 2 aliphatic rings. The largest absolute Gasteiger partial charge is 0.338 e. The van der Waals surface area contributed by atoms with Crippen LogP contribution in [0.2, 0.25) is 0 Å². The maximum absolute atomic E-state index is 12.3. The Morgan fingerprint density at radius 3 is 2.92 bits per heavy atom. The molecule has 0 bridgehead atoms. The van der Waals surface area contributed by atoms with E-state index in [1.54, 1.807) is 0 Å². The van der Waals surface area contributed by atoms with Gasteiger partial charge in [0.1, 0.15) is 0 Å². The van der Waals surface area contributed by atoms with Gasteiger partial charge in [0.2, 0.25) is 0 Å². The fourth-order valence-corrected chi connectivity index (χ4v) is 4.23. The van der Waals surface area contributed by atoms with E-state index in [-0.39, 0.29) is 11.4 Å². The van der Waals surface area contributed by atoms with Crippen LogP contribution in [-0.4, -0.2) is 40.5 Å². The molecule has 1 N–H and O–H groups in total. The summed E-state index contributed by atoms with van der Waals surface area (Å²) < 4.78 is 0. The van der Waals surface area contributed by atoms with Gasteiger partial charge >= 0.3 is 6.03 Å². The van der Waals surface area contributed by atoms with Crippen molar-refractivity contribution in [1.82, 2.24) is 20.2 Å². The number of carbonyl (C=O) groups excluding carboxylic acids is 1. The third-order valence-corrected chi connectivity index (χ3v) is 5.46. The van der Waals surface area contributed by atoms with E-state index < -0.39 is 0 Å². The van der Waals surface area contributed by atoms with Gasteiger partial charge in [-0.3, -0.25) is 0 Å². The van der Waals surface area contributed by atoms with Gasteiger partial charge in [-0.1, -0.05) is 30.3 Å². The molecule has 2 amide bonds. The van der Waals surface area contributed by atoms with Gasteiger partial charge in [-0.25, -0.2) is 14.8 Å². The number of hydrogen-bond acceptors (Lipinski definition) is 3. The Balaban J connectivity index is 1.67. The highest BCUT2D eigenvalue weighted by Gasteiger charge is 2.44. The number of nitrogens with one attached hydrogen (secondary N) is 1. The molecule has 1 aliphatic carbocycles. The van der Waals surface area contributed by atoms with E-state index in [2.05, 4.69) is 10.3 Å². The minimum absolute atomic E-state index is 0.00879. The first-order valence-corrected chi connectivity index (χ1v) is 9.16. The highest BCUT2D eigenvalue weighted by molar-refractivity contribution is 5.74. The SMILES string of the molecule is CCNC(=O)N1CCCC2(CCc3cnc(-c4ccccc4)nc32)C1. The predicted octanol–water partition coefficient (Wildman–Crippen LogP) is 3.15. The molecule has 5 heteroatoms. The first-order valence-electron chi connectivity index (χ1n) is 9.16. The summed E-state index contributed by atoms with van der Waals surface area (Å²) in [5.41, 5.74) is 3.45. The normalized spacial score (nSPS) is 22.0. The van der Waals surface area contributed by atoms with Crippen LogP contribution >= 0.6 is 0 Å². The Bertz CT molecular complexity index is 773. The molecule has 1 aliphatic heterocycles. The van der Waals surface area contributed by atoms with Gasteiger partial charge in [0.05, 0.1) is 5.69 Å². The lowest BCUT2D eigenvalue weighted by Crippen LogP contribution is -2.51. The smallest absolute Gasteiger partial charge is 0.317 e. The zero-order valence-corrected chi connectivity index (χ0v) is 14.7. The van der Waals surface area contributed by atoms with Crippen LogP contribution < -0.4 is 5.32 Å². The van der Waals surface area contributed by atoms with Crippen LogP contribution in [0.5, 0.6) is 0 Å². The number of hydrogen-bond donors (Lipinski definition) is 1. The maximum Gasteiger partial charge on any atom is 0.317 e. The summed E-state index contributed by atoms with van der Waals surface area (Å²) in [6.45, 7) is 4.22. The topological polar surface area (TPSA) is 58.1 Å². The minimum Gasteiger partial charge on any atom is -0.338 e. The van der Waals surface area contributed by atoms with Gasteiger partial charge in [0.15, 0.2) is 5.82 Å². The van der Waals surface area contributed by atoms with Crippen molar-refractivity contribution >= 4 is 6.03 Å². The highest BCUT2D eigenvalue weighted by atomic mass is 16.2. The standard InChI is InChI=1S/C20H24N4O/c1-2-21-19(25)24-12-6-10-20(14-24)11-9-16-13-22-18(23-17(16)20)15-7-4-3-5-8-15/h3-5,7-8,13H,2,6,9-12,14H2,1H3,(H,21,25). The van der Waals surface area contributed by atoms with Crippen LogP contribution in [-0.2, 0) is 11.8 Å². The van der Waals surface area contributed by atoms with E-state index in [4.69, 9.17) is 4.98 Å². The van der Waals surface area contributed by atoms with E-state index in [1.807, 2.05) is 48.4 Å². The van der Waals surface area contributed by atoms with Gasteiger partial charge in [0.25, 0.3) is 0 Å². The van der Waals surface area contributed by atoms with Crippen molar-refractivity contribution in [3.05, 3.63) is 47.8 Å². The monoisotopic (exact) mass is 336 g/mol. The molecule has 25 heavy (non-hydrogen) atoms. The molecule has 1 spiro atoms. The van der Waals surface area contributed by atoms with Crippen LogP contribution in [0.25, 0.3) is 11.4 Å². The van der Waals surface area contributed by atoms with Crippen molar-refractivity contribution in [2.75, 3.05) is 19.6 Å². The van der Waals surface area contributed by atoms with Crippen molar-refractivity contribution in [1.29, 1.82) is 0 Å². The zero-order valence-electron chi connectivity index (χ0n) is 14.7. The number of amides is 2. The molecular weight excluding hydrogens is 312 g/mol. The maximum atomic E-state index is 12.3. The van der Waals surface area contributed by atoms with Gasteiger partial charge in [-0.05, 0) is 38.2 Å². The molecule has 2 aromatic rings. The van der Waals surface area contributed by atoms with Crippen LogP contribution in [0.4, 0.5) is 4.79 Å².